The van der Waals surface area contributed by atoms with Crippen LogP contribution in [0.25, 0.3) is 22.7 Å². The minimum Gasteiger partial charge on any atom is -0.444 e. The average Bonchev–Trinajstić information content (AvgIpc) is 3.21. The van der Waals surface area contributed by atoms with Gasteiger partial charge < -0.3 is 15.1 Å². The third-order valence-corrected chi connectivity index (χ3v) is 4.32. The van der Waals surface area contributed by atoms with Gasteiger partial charge in [0, 0.05) is 27.5 Å². The van der Waals surface area contributed by atoms with E-state index in [1.54, 1.807) is 42.7 Å². The Kier molecular flexibility index (Phi) is 5.08. The van der Waals surface area contributed by atoms with Gasteiger partial charge in [-0.3, -0.25) is 0 Å². The van der Waals surface area contributed by atoms with Crippen molar-refractivity contribution < 1.29 is 9.21 Å². The first-order valence-electron chi connectivity index (χ1n) is 8.62. The van der Waals surface area contributed by atoms with E-state index in [9.17, 15) is 4.79 Å². The Balaban J connectivity index is 1.42. The fourth-order valence-electron chi connectivity index (χ4n) is 2.67. The van der Waals surface area contributed by atoms with Crippen molar-refractivity contribution in [1.29, 1.82) is 0 Å². The lowest BCUT2D eigenvalue weighted by atomic mass is 10.2. The molecule has 0 spiro atoms. The molecule has 0 aliphatic heterocycles. The van der Waals surface area contributed by atoms with Crippen molar-refractivity contribution in [2.75, 3.05) is 10.6 Å². The van der Waals surface area contributed by atoms with Crippen LogP contribution in [0.15, 0.2) is 89.5 Å². The summed E-state index contributed by atoms with van der Waals surface area (Å²) in [6.07, 6.45) is 1.64. The van der Waals surface area contributed by atoms with E-state index in [0.717, 1.165) is 16.8 Å². The number of oxazole rings is 1. The minimum absolute atomic E-state index is 0.336. The van der Waals surface area contributed by atoms with Crippen LogP contribution in [-0.4, -0.2) is 11.0 Å². The number of urea groups is 1. The van der Waals surface area contributed by atoms with Crippen molar-refractivity contribution in [2.45, 2.75) is 0 Å². The molecule has 0 aliphatic carbocycles. The normalized spacial score (nSPS) is 10.5. The van der Waals surface area contributed by atoms with Gasteiger partial charge in [0.05, 0.1) is 0 Å². The third-order valence-electron chi connectivity index (χ3n) is 4.07. The summed E-state index contributed by atoms with van der Waals surface area (Å²) < 4.78 is 5.59. The maximum atomic E-state index is 12.1. The lowest BCUT2D eigenvalue weighted by Gasteiger charge is -2.08. The van der Waals surface area contributed by atoms with Gasteiger partial charge in [-0.15, -0.1) is 0 Å². The number of aromatic nitrogens is 1. The molecular formula is C22H16ClN3O2. The van der Waals surface area contributed by atoms with Gasteiger partial charge in [-0.2, -0.15) is 0 Å². The Morgan fingerprint density at radius 2 is 1.39 bits per heavy atom. The topological polar surface area (TPSA) is 67.2 Å². The number of anilines is 2. The molecule has 3 aromatic carbocycles. The number of benzene rings is 3. The Bertz CT molecular complexity index is 1070. The zero-order chi connectivity index (χ0) is 19.3. The fraction of sp³-hybridized carbons (Fsp3) is 0. The molecule has 0 saturated carbocycles. The van der Waals surface area contributed by atoms with Crippen molar-refractivity contribution >= 4 is 29.0 Å². The van der Waals surface area contributed by atoms with Crippen molar-refractivity contribution in [2.24, 2.45) is 0 Å². The van der Waals surface area contributed by atoms with Gasteiger partial charge >= 0.3 is 6.03 Å². The molecule has 138 valence electrons. The number of nitrogens with one attached hydrogen (secondary N) is 2. The SMILES string of the molecule is O=C(Nc1ccc(Cl)cc1)Nc1ccc(-c2nc(-c3ccccc3)co2)cc1. The molecule has 28 heavy (non-hydrogen) atoms. The molecule has 2 N–H and O–H groups in total. The molecule has 0 bridgehead atoms. The van der Waals surface area contributed by atoms with Crippen LogP contribution in [0.5, 0.6) is 0 Å². The van der Waals surface area contributed by atoms with Crippen LogP contribution in [0.2, 0.25) is 5.02 Å². The van der Waals surface area contributed by atoms with Crippen LogP contribution in [0.4, 0.5) is 16.2 Å². The average molecular weight is 390 g/mol. The molecule has 1 aromatic heterocycles. The van der Waals surface area contributed by atoms with Gasteiger partial charge in [-0.25, -0.2) is 9.78 Å². The van der Waals surface area contributed by atoms with Crippen molar-refractivity contribution in [1.82, 2.24) is 4.98 Å². The molecule has 0 aliphatic rings. The van der Waals surface area contributed by atoms with E-state index < -0.39 is 0 Å². The number of carbonyl (C=O) groups excluding carboxylic acids is 1. The lowest BCUT2D eigenvalue weighted by Crippen LogP contribution is -2.19. The number of hydrogen-bond donors (Lipinski definition) is 2. The second-order valence-electron chi connectivity index (χ2n) is 6.07. The van der Waals surface area contributed by atoms with E-state index in [1.807, 2.05) is 42.5 Å². The third kappa shape index (κ3) is 4.22. The van der Waals surface area contributed by atoms with Crippen LogP contribution in [0.3, 0.4) is 0 Å². The largest absolute Gasteiger partial charge is 0.444 e. The zero-order valence-electron chi connectivity index (χ0n) is 14.7. The molecule has 6 heteroatoms. The van der Waals surface area contributed by atoms with Gasteiger partial charge in [0.15, 0.2) is 0 Å². The van der Waals surface area contributed by atoms with E-state index in [-0.39, 0.29) is 6.03 Å². The van der Waals surface area contributed by atoms with E-state index in [1.165, 1.54) is 0 Å². The van der Waals surface area contributed by atoms with Gasteiger partial charge in [0.2, 0.25) is 5.89 Å². The standard InChI is InChI=1S/C22H16ClN3O2/c23-17-8-12-19(13-9-17)25-22(27)24-18-10-6-16(7-11-18)21-26-20(14-28-21)15-4-2-1-3-5-15/h1-14H,(H2,24,25,27). The fourth-order valence-corrected chi connectivity index (χ4v) is 2.80. The lowest BCUT2D eigenvalue weighted by molar-refractivity contribution is 0.262. The van der Waals surface area contributed by atoms with E-state index in [2.05, 4.69) is 15.6 Å². The molecule has 0 fully saturated rings. The minimum atomic E-state index is -0.336. The maximum absolute atomic E-state index is 12.1. The van der Waals surface area contributed by atoms with Crippen molar-refractivity contribution in [3.8, 4) is 22.7 Å². The number of carbonyl (C=O) groups is 1. The first-order valence-corrected chi connectivity index (χ1v) is 9.00. The molecule has 4 aromatic rings. The monoisotopic (exact) mass is 389 g/mol. The Morgan fingerprint density at radius 1 is 0.786 bits per heavy atom. The van der Waals surface area contributed by atoms with Crippen LogP contribution >= 0.6 is 11.6 Å². The first-order chi connectivity index (χ1) is 13.7. The molecule has 1 heterocycles. The van der Waals surface area contributed by atoms with Crippen LogP contribution in [0, 0.1) is 0 Å². The molecule has 2 amide bonds. The predicted molar refractivity (Wildman–Crippen MR) is 111 cm³/mol. The van der Waals surface area contributed by atoms with E-state index >= 15 is 0 Å². The van der Waals surface area contributed by atoms with Crippen LogP contribution in [-0.2, 0) is 0 Å². The Morgan fingerprint density at radius 3 is 2.04 bits per heavy atom. The molecule has 0 unspecified atom stereocenters. The number of rotatable bonds is 4. The Labute approximate surface area is 167 Å². The molecule has 4 rings (SSSR count). The highest BCUT2D eigenvalue weighted by atomic mass is 35.5. The highest BCUT2D eigenvalue weighted by molar-refractivity contribution is 6.30. The zero-order valence-corrected chi connectivity index (χ0v) is 15.5. The van der Waals surface area contributed by atoms with E-state index in [4.69, 9.17) is 16.0 Å². The summed E-state index contributed by atoms with van der Waals surface area (Å²) in [4.78, 5) is 16.6. The van der Waals surface area contributed by atoms with Crippen LogP contribution in [0.1, 0.15) is 0 Å². The molecule has 0 radical (unpaired) electrons. The van der Waals surface area contributed by atoms with Gasteiger partial charge in [-0.1, -0.05) is 41.9 Å². The summed E-state index contributed by atoms with van der Waals surface area (Å²) in [5.41, 5.74) is 3.91. The first kappa shape index (κ1) is 17.8. The highest BCUT2D eigenvalue weighted by Crippen LogP contribution is 2.25. The smallest absolute Gasteiger partial charge is 0.323 e. The van der Waals surface area contributed by atoms with Gasteiger partial charge in [0.25, 0.3) is 0 Å². The summed E-state index contributed by atoms with van der Waals surface area (Å²) in [5, 5.41) is 6.14. The van der Waals surface area contributed by atoms with E-state index in [0.29, 0.717) is 22.3 Å². The van der Waals surface area contributed by atoms with Crippen LogP contribution < -0.4 is 10.6 Å². The summed E-state index contributed by atoms with van der Waals surface area (Å²) in [6.45, 7) is 0. The molecule has 0 atom stereocenters. The van der Waals surface area contributed by atoms with Gasteiger partial charge in [-0.05, 0) is 48.5 Å². The maximum Gasteiger partial charge on any atom is 0.323 e. The second-order valence-corrected chi connectivity index (χ2v) is 6.50. The number of hydrogen-bond acceptors (Lipinski definition) is 3. The number of halogens is 1. The predicted octanol–water partition coefficient (Wildman–Crippen LogP) is 6.31. The summed E-state index contributed by atoms with van der Waals surface area (Å²) in [6, 6.07) is 23.7. The van der Waals surface area contributed by atoms with Gasteiger partial charge in [0.1, 0.15) is 12.0 Å². The summed E-state index contributed by atoms with van der Waals surface area (Å²) in [7, 11) is 0. The Hall–Kier alpha value is -3.57. The quantitative estimate of drug-likeness (QED) is 0.430. The second kappa shape index (κ2) is 7.98. The van der Waals surface area contributed by atoms with Crippen molar-refractivity contribution in [3.05, 3.63) is 90.1 Å². The molecular weight excluding hydrogens is 374 g/mol. The van der Waals surface area contributed by atoms with Crippen molar-refractivity contribution in [3.63, 3.8) is 0 Å². The molecule has 5 nitrogen and oxygen atoms in total. The highest BCUT2D eigenvalue weighted by Gasteiger charge is 2.09. The summed E-state index contributed by atoms with van der Waals surface area (Å²) in [5.74, 6) is 0.524. The number of nitrogens with zero attached hydrogens (tertiary/aromatic N) is 1. The number of amides is 2. The molecule has 0 saturated heterocycles. The summed E-state index contributed by atoms with van der Waals surface area (Å²) >= 11 is 5.84.